The molecule has 0 saturated carbocycles. The van der Waals surface area contributed by atoms with Crippen molar-refractivity contribution in [2.24, 2.45) is 5.73 Å². The first kappa shape index (κ1) is 26.2. The lowest BCUT2D eigenvalue weighted by Gasteiger charge is -2.34. The number of primary amides is 1. The Kier molecular flexibility index (Phi) is 8.02. The largest absolute Gasteiger partial charge is 0.497 e. The number of rotatable bonds is 8. The van der Waals surface area contributed by atoms with Crippen LogP contribution in [0.15, 0.2) is 48.8 Å². The molecular formula is C27H32N8O4. The summed E-state index contributed by atoms with van der Waals surface area (Å²) >= 11 is 0. The number of piperidine rings is 1. The number of carbonyl (C=O) groups excluding carboxylic acids is 2. The van der Waals surface area contributed by atoms with Gasteiger partial charge in [0, 0.05) is 37.8 Å². The Bertz CT molecular complexity index is 1300. The van der Waals surface area contributed by atoms with Gasteiger partial charge in [0.25, 0.3) is 11.8 Å². The van der Waals surface area contributed by atoms with Gasteiger partial charge in [-0.15, -0.1) is 0 Å². The SMILES string of the molecule is COc1ccc(C(=O)NC2CCCN(c3cnc(C(N)=O)c(Nc4ccc(N5CCOCC5)nc4)n3)C2)cc1. The third-order valence-electron chi connectivity index (χ3n) is 6.77. The Hall–Kier alpha value is -4.45. The third-order valence-corrected chi connectivity index (χ3v) is 6.77. The first-order valence-corrected chi connectivity index (χ1v) is 12.9. The summed E-state index contributed by atoms with van der Waals surface area (Å²) < 4.78 is 10.6. The van der Waals surface area contributed by atoms with Gasteiger partial charge in [-0.2, -0.15) is 0 Å². The predicted octanol–water partition coefficient (Wildman–Crippen LogP) is 1.96. The van der Waals surface area contributed by atoms with Crippen molar-refractivity contribution >= 4 is 35.0 Å². The molecule has 1 unspecified atom stereocenters. The van der Waals surface area contributed by atoms with Crippen molar-refractivity contribution in [1.29, 1.82) is 0 Å². The molecular weight excluding hydrogens is 500 g/mol. The number of pyridine rings is 1. The molecule has 0 spiro atoms. The van der Waals surface area contributed by atoms with Gasteiger partial charge in [-0.1, -0.05) is 0 Å². The summed E-state index contributed by atoms with van der Waals surface area (Å²) in [6.45, 7) is 4.23. The van der Waals surface area contributed by atoms with E-state index in [2.05, 4.69) is 30.5 Å². The molecule has 2 amide bonds. The lowest BCUT2D eigenvalue weighted by atomic mass is 10.0. The number of aromatic nitrogens is 3. The van der Waals surface area contributed by atoms with E-state index < -0.39 is 5.91 Å². The number of hydrogen-bond acceptors (Lipinski definition) is 10. The topological polar surface area (TPSA) is 148 Å². The van der Waals surface area contributed by atoms with Crippen molar-refractivity contribution in [2.75, 3.05) is 61.6 Å². The van der Waals surface area contributed by atoms with Crippen LogP contribution < -0.4 is 30.9 Å². The number of morpholine rings is 1. The van der Waals surface area contributed by atoms with E-state index in [0.29, 0.717) is 42.6 Å². The second-order valence-electron chi connectivity index (χ2n) is 9.41. The molecule has 0 bridgehead atoms. The average Bonchev–Trinajstić information content (AvgIpc) is 2.98. The highest BCUT2D eigenvalue weighted by Crippen LogP contribution is 2.24. The van der Waals surface area contributed by atoms with Crippen LogP contribution in [0.1, 0.15) is 33.7 Å². The Morgan fingerprint density at radius 2 is 1.79 bits per heavy atom. The van der Waals surface area contributed by atoms with E-state index in [1.165, 1.54) is 0 Å². The number of ether oxygens (including phenoxy) is 2. The quantitative estimate of drug-likeness (QED) is 0.393. The van der Waals surface area contributed by atoms with E-state index in [9.17, 15) is 9.59 Å². The van der Waals surface area contributed by atoms with Crippen LogP contribution >= 0.6 is 0 Å². The van der Waals surface area contributed by atoms with Gasteiger partial charge in [0.1, 0.15) is 17.4 Å². The molecule has 1 aromatic carbocycles. The molecule has 2 aromatic heterocycles. The maximum atomic E-state index is 12.8. The van der Waals surface area contributed by atoms with Gasteiger partial charge >= 0.3 is 0 Å². The molecule has 1 atom stereocenters. The van der Waals surface area contributed by atoms with E-state index in [0.717, 1.165) is 38.3 Å². The van der Waals surface area contributed by atoms with E-state index in [-0.39, 0.29) is 23.5 Å². The second kappa shape index (κ2) is 11.9. The van der Waals surface area contributed by atoms with Crippen molar-refractivity contribution in [3.8, 4) is 5.75 Å². The Balaban J connectivity index is 1.28. The molecule has 0 radical (unpaired) electrons. The normalized spacial score (nSPS) is 17.4. The number of amides is 2. The molecule has 2 aliphatic rings. The predicted molar refractivity (Wildman–Crippen MR) is 147 cm³/mol. The minimum Gasteiger partial charge on any atom is -0.497 e. The Morgan fingerprint density at radius 1 is 1.00 bits per heavy atom. The van der Waals surface area contributed by atoms with Crippen molar-refractivity contribution in [3.63, 3.8) is 0 Å². The van der Waals surface area contributed by atoms with Gasteiger partial charge in [-0.3, -0.25) is 9.59 Å². The summed E-state index contributed by atoms with van der Waals surface area (Å²) in [5.41, 5.74) is 6.85. The molecule has 39 heavy (non-hydrogen) atoms. The van der Waals surface area contributed by atoms with Crippen LogP contribution in [0, 0.1) is 0 Å². The van der Waals surface area contributed by atoms with Crippen LogP contribution in [-0.4, -0.2) is 79.3 Å². The highest BCUT2D eigenvalue weighted by Gasteiger charge is 2.25. The van der Waals surface area contributed by atoms with Crippen molar-refractivity contribution in [2.45, 2.75) is 18.9 Å². The van der Waals surface area contributed by atoms with Gasteiger partial charge in [0.15, 0.2) is 11.5 Å². The maximum Gasteiger partial charge on any atom is 0.271 e. The Morgan fingerprint density at radius 3 is 2.49 bits per heavy atom. The van der Waals surface area contributed by atoms with Crippen molar-refractivity contribution in [1.82, 2.24) is 20.3 Å². The van der Waals surface area contributed by atoms with E-state index in [1.54, 1.807) is 43.8 Å². The van der Waals surface area contributed by atoms with Crippen LogP contribution in [-0.2, 0) is 4.74 Å². The van der Waals surface area contributed by atoms with Crippen LogP contribution in [0.5, 0.6) is 5.75 Å². The number of carbonyl (C=O) groups is 2. The highest BCUT2D eigenvalue weighted by atomic mass is 16.5. The summed E-state index contributed by atoms with van der Waals surface area (Å²) in [5, 5.41) is 6.26. The van der Waals surface area contributed by atoms with Gasteiger partial charge < -0.3 is 35.6 Å². The zero-order chi connectivity index (χ0) is 27.2. The summed E-state index contributed by atoms with van der Waals surface area (Å²) in [4.78, 5) is 42.6. The van der Waals surface area contributed by atoms with E-state index in [1.807, 2.05) is 17.0 Å². The van der Waals surface area contributed by atoms with Gasteiger partial charge in [-0.05, 0) is 49.2 Å². The standard InChI is InChI=1S/C27H32N8O4/c1-38-21-7-4-18(5-8-21)27(37)32-20-3-2-10-35(17-20)23-16-30-24(25(28)36)26(33-23)31-19-6-9-22(29-15-19)34-11-13-39-14-12-34/h4-9,15-16,20H,2-3,10-14,17H2,1H3,(H2,28,36)(H,31,33)(H,32,37). The molecule has 2 saturated heterocycles. The van der Waals surface area contributed by atoms with Crippen LogP contribution in [0.2, 0.25) is 0 Å². The van der Waals surface area contributed by atoms with E-state index >= 15 is 0 Å². The third kappa shape index (κ3) is 6.34. The molecule has 0 aliphatic carbocycles. The summed E-state index contributed by atoms with van der Waals surface area (Å²) in [5.74, 6) is 1.57. The molecule has 2 aliphatic heterocycles. The van der Waals surface area contributed by atoms with E-state index in [4.69, 9.17) is 15.2 Å². The molecule has 12 nitrogen and oxygen atoms in total. The number of benzene rings is 1. The lowest BCUT2D eigenvalue weighted by molar-refractivity contribution is 0.0931. The average molecular weight is 533 g/mol. The molecule has 12 heteroatoms. The zero-order valence-electron chi connectivity index (χ0n) is 21.8. The van der Waals surface area contributed by atoms with Gasteiger partial charge in [-0.25, -0.2) is 15.0 Å². The maximum absolute atomic E-state index is 12.8. The number of nitrogens with zero attached hydrogens (tertiary/aromatic N) is 5. The van der Waals surface area contributed by atoms with Crippen molar-refractivity contribution < 1.29 is 19.1 Å². The monoisotopic (exact) mass is 532 g/mol. The molecule has 204 valence electrons. The molecule has 4 N–H and O–H groups in total. The Labute approximate surface area is 226 Å². The van der Waals surface area contributed by atoms with Crippen molar-refractivity contribution in [3.05, 3.63) is 60.0 Å². The molecule has 3 aromatic rings. The number of methoxy groups -OCH3 is 1. The summed E-state index contributed by atoms with van der Waals surface area (Å²) in [7, 11) is 1.59. The fourth-order valence-corrected chi connectivity index (χ4v) is 4.69. The lowest BCUT2D eigenvalue weighted by Crippen LogP contribution is -2.48. The number of nitrogens with two attached hydrogens (primary N) is 1. The van der Waals surface area contributed by atoms with Crippen LogP contribution in [0.4, 0.5) is 23.1 Å². The zero-order valence-corrected chi connectivity index (χ0v) is 21.8. The number of anilines is 4. The first-order chi connectivity index (χ1) is 19.0. The van der Waals surface area contributed by atoms with Gasteiger partial charge in [0.05, 0.1) is 38.4 Å². The van der Waals surface area contributed by atoms with Crippen LogP contribution in [0.25, 0.3) is 0 Å². The fraction of sp³-hybridized carbons (Fsp3) is 0.370. The first-order valence-electron chi connectivity index (χ1n) is 12.9. The fourth-order valence-electron chi connectivity index (χ4n) is 4.69. The van der Waals surface area contributed by atoms with Gasteiger partial charge in [0.2, 0.25) is 0 Å². The number of nitrogens with one attached hydrogen (secondary N) is 2. The minimum absolute atomic E-state index is 0.0392. The highest BCUT2D eigenvalue weighted by molar-refractivity contribution is 5.96. The number of hydrogen-bond donors (Lipinski definition) is 3. The second-order valence-corrected chi connectivity index (χ2v) is 9.41. The summed E-state index contributed by atoms with van der Waals surface area (Å²) in [6, 6.07) is 10.7. The smallest absolute Gasteiger partial charge is 0.271 e. The molecule has 5 rings (SSSR count). The summed E-state index contributed by atoms with van der Waals surface area (Å²) in [6.07, 6.45) is 4.94. The van der Waals surface area contributed by atoms with Crippen LogP contribution in [0.3, 0.4) is 0 Å². The molecule has 2 fully saturated rings. The molecule has 4 heterocycles. The minimum atomic E-state index is -0.683.